The minimum atomic E-state index is 0.503. The Balaban J connectivity index is 1.99. The SMILES string of the molecule is CNc1nc(NCCc2ccc(Cl)s2)c(Cl)cc1Cl. The van der Waals surface area contributed by atoms with Crippen molar-refractivity contribution in [2.24, 2.45) is 0 Å². The van der Waals surface area contributed by atoms with E-state index >= 15 is 0 Å². The van der Waals surface area contributed by atoms with E-state index in [0.29, 0.717) is 21.7 Å². The molecule has 0 unspecified atom stereocenters. The zero-order chi connectivity index (χ0) is 13.8. The van der Waals surface area contributed by atoms with Crippen LogP contribution in [0.4, 0.5) is 11.6 Å². The Hall–Kier alpha value is -0.680. The Morgan fingerprint density at radius 1 is 1.16 bits per heavy atom. The fourth-order valence-corrected chi connectivity index (χ4v) is 3.16. The van der Waals surface area contributed by atoms with Gasteiger partial charge in [-0.2, -0.15) is 0 Å². The molecule has 0 aliphatic carbocycles. The van der Waals surface area contributed by atoms with Gasteiger partial charge >= 0.3 is 0 Å². The third kappa shape index (κ3) is 3.89. The van der Waals surface area contributed by atoms with E-state index in [1.54, 1.807) is 24.5 Å². The summed E-state index contributed by atoms with van der Waals surface area (Å²) in [5.74, 6) is 1.23. The van der Waals surface area contributed by atoms with Crippen molar-refractivity contribution >= 4 is 57.8 Å². The summed E-state index contributed by atoms with van der Waals surface area (Å²) < 4.78 is 0.801. The smallest absolute Gasteiger partial charge is 0.147 e. The Bertz CT molecular complexity index is 571. The molecule has 2 aromatic heterocycles. The fourth-order valence-electron chi connectivity index (χ4n) is 1.56. The lowest BCUT2D eigenvalue weighted by molar-refractivity contribution is 1.03. The van der Waals surface area contributed by atoms with Crippen LogP contribution in [0.1, 0.15) is 4.88 Å². The van der Waals surface area contributed by atoms with Gasteiger partial charge in [0, 0.05) is 18.5 Å². The number of aromatic nitrogens is 1. The standard InChI is InChI=1S/C12H12Cl3N3S/c1-16-11-8(13)6-9(14)12(18-11)17-5-4-7-2-3-10(15)19-7/h2-3,6H,4-5H2,1H3,(H2,16,17,18). The lowest BCUT2D eigenvalue weighted by Crippen LogP contribution is -2.07. The van der Waals surface area contributed by atoms with Gasteiger partial charge in [0.1, 0.15) is 11.6 Å². The summed E-state index contributed by atoms with van der Waals surface area (Å²) in [5, 5.41) is 7.12. The van der Waals surface area contributed by atoms with Crippen molar-refractivity contribution in [1.82, 2.24) is 4.98 Å². The molecule has 102 valence electrons. The predicted molar refractivity (Wildman–Crippen MR) is 85.3 cm³/mol. The maximum Gasteiger partial charge on any atom is 0.147 e. The van der Waals surface area contributed by atoms with E-state index in [1.807, 2.05) is 12.1 Å². The molecular formula is C12H12Cl3N3S. The molecule has 2 N–H and O–H groups in total. The van der Waals surface area contributed by atoms with Gasteiger partial charge in [0.2, 0.25) is 0 Å². The molecular weight excluding hydrogens is 325 g/mol. The summed E-state index contributed by atoms with van der Waals surface area (Å²) in [6.07, 6.45) is 0.868. The Morgan fingerprint density at radius 3 is 2.53 bits per heavy atom. The van der Waals surface area contributed by atoms with Gasteiger partial charge in [0.05, 0.1) is 14.4 Å². The normalized spacial score (nSPS) is 10.5. The molecule has 0 saturated heterocycles. The molecule has 0 aliphatic rings. The molecule has 0 spiro atoms. The number of nitrogens with zero attached hydrogens (tertiary/aromatic N) is 1. The summed E-state index contributed by atoms with van der Waals surface area (Å²) in [4.78, 5) is 5.54. The topological polar surface area (TPSA) is 37.0 Å². The average molecular weight is 337 g/mol. The van der Waals surface area contributed by atoms with Crippen LogP contribution in [0.25, 0.3) is 0 Å². The molecule has 0 fully saturated rings. The van der Waals surface area contributed by atoms with Gasteiger partial charge < -0.3 is 10.6 Å². The van der Waals surface area contributed by atoms with Gasteiger partial charge in [-0.3, -0.25) is 0 Å². The predicted octanol–water partition coefficient (Wildman–Crippen LogP) is 4.80. The summed E-state index contributed by atoms with van der Waals surface area (Å²) in [7, 11) is 1.76. The maximum absolute atomic E-state index is 6.09. The summed E-state index contributed by atoms with van der Waals surface area (Å²) in [6.45, 7) is 0.731. The highest BCUT2D eigenvalue weighted by Gasteiger charge is 2.08. The summed E-state index contributed by atoms with van der Waals surface area (Å²) in [6, 6.07) is 5.59. The number of pyridine rings is 1. The van der Waals surface area contributed by atoms with Gasteiger partial charge in [-0.15, -0.1) is 11.3 Å². The second-order valence-corrected chi connectivity index (χ2v) is 6.40. The number of thiophene rings is 1. The van der Waals surface area contributed by atoms with Crippen LogP contribution in [0.2, 0.25) is 14.4 Å². The number of hydrogen-bond donors (Lipinski definition) is 2. The number of rotatable bonds is 5. The monoisotopic (exact) mass is 335 g/mol. The highest BCUT2D eigenvalue weighted by molar-refractivity contribution is 7.16. The van der Waals surface area contributed by atoms with E-state index in [0.717, 1.165) is 17.3 Å². The molecule has 2 heterocycles. The fraction of sp³-hybridized carbons (Fsp3) is 0.250. The van der Waals surface area contributed by atoms with Crippen molar-refractivity contribution in [2.75, 3.05) is 24.2 Å². The average Bonchev–Trinajstić information content (AvgIpc) is 2.78. The molecule has 19 heavy (non-hydrogen) atoms. The number of nitrogens with one attached hydrogen (secondary N) is 2. The first kappa shape index (κ1) is 14.7. The zero-order valence-electron chi connectivity index (χ0n) is 10.1. The summed E-state index contributed by atoms with van der Waals surface area (Å²) in [5.41, 5.74) is 0. The first-order valence-corrected chi connectivity index (χ1v) is 7.57. The molecule has 0 aromatic carbocycles. The van der Waals surface area contributed by atoms with E-state index in [4.69, 9.17) is 34.8 Å². The lowest BCUT2D eigenvalue weighted by Gasteiger charge is -2.10. The van der Waals surface area contributed by atoms with Crippen LogP contribution in [0.15, 0.2) is 18.2 Å². The quantitative estimate of drug-likeness (QED) is 0.823. The van der Waals surface area contributed by atoms with Crippen molar-refractivity contribution in [3.05, 3.63) is 37.5 Å². The second kappa shape index (κ2) is 6.66. The Morgan fingerprint density at radius 2 is 1.89 bits per heavy atom. The Labute approximate surface area is 130 Å². The van der Waals surface area contributed by atoms with Crippen molar-refractivity contribution in [2.45, 2.75) is 6.42 Å². The third-order valence-electron chi connectivity index (χ3n) is 2.46. The Kier molecular flexibility index (Phi) is 5.16. The number of anilines is 2. The van der Waals surface area contributed by atoms with Crippen molar-refractivity contribution < 1.29 is 0 Å². The molecule has 0 radical (unpaired) electrons. The van der Waals surface area contributed by atoms with Crippen molar-refractivity contribution in [1.29, 1.82) is 0 Å². The molecule has 7 heteroatoms. The second-order valence-electron chi connectivity index (χ2n) is 3.78. The number of halogens is 3. The first-order valence-electron chi connectivity index (χ1n) is 5.62. The van der Waals surface area contributed by atoms with Gasteiger partial charge in [-0.05, 0) is 24.6 Å². The van der Waals surface area contributed by atoms with E-state index < -0.39 is 0 Å². The molecule has 0 atom stereocenters. The highest BCUT2D eigenvalue weighted by Crippen LogP contribution is 2.29. The minimum absolute atomic E-state index is 0.503. The molecule has 3 nitrogen and oxygen atoms in total. The van der Waals surface area contributed by atoms with Crippen LogP contribution in [0, 0.1) is 0 Å². The molecule has 0 saturated carbocycles. The molecule has 2 aromatic rings. The van der Waals surface area contributed by atoms with Crippen LogP contribution in [-0.4, -0.2) is 18.6 Å². The van der Waals surface area contributed by atoms with Crippen LogP contribution in [-0.2, 0) is 6.42 Å². The molecule has 2 rings (SSSR count). The number of hydrogen-bond acceptors (Lipinski definition) is 4. The summed E-state index contributed by atoms with van der Waals surface area (Å²) >= 11 is 19.5. The largest absolute Gasteiger partial charge is 0.372 e. The van der Waals surface area contributed by atoms with E-state index in [9.17, 15) is 0 Å². The van der Waals surface area contributed by atoms with E-state index in [1.165, 1.54) is 4.88 Å². The van der Waals surface area contributed by atoms with E-state index in [2.05, 4.69) is 15.6 Å². The van der Waals surface area contributed by atoms with Gasteiger partial charge in [-0.1, -0.05) is 34.8 Å². The minimum Gasteiger partial charge on any atom is -0.372 e. The highest BCUT2D eigenvalue weighted by atomic mass is 35.5. The maximum atomic E-state index is 6.09. The van der Waals surface area contributed by atoms with E-state index in [-0.39, 0.29) is 0 Å². The van der Waals surface area contributed by atoms with Crippen LogP contribution in [0.3, 0.4) is 0 Å². The van der Waals surface area contributed by atoms with Crippen LogP contribution < -0.4 is 10.6 Å². The van der Waals surface area contributed by atoms with Crippen LogP contribution >= 0.6 is 46.1 Å². The van der Waals surface area contributed by atoms with Gasteiger partial charge in [0.25, 0.3) is 0 Å². The van der Waals surface area contributed by atoms with Crippen LogP contribution in [0.5, 0.6) is 0 Å². The molecule has 0 amide bonds. The van der Waals surface area contributed by atoms with Crippen molar-refractivity contribution in [3.63, 3.8) is 0 Å². The lowest BCUT2D eigenvalue weighted by atomic mass is 10.3. The zero-order valence-corrected chi connectivity index (χ0v) is 13.2. The van der Waals surface area contributed by atoms with Gasteiger partial charge in [0.15, 0.2) is 0 Å². The van der Waals surface area contributed by atoms with Gasteiger partial charge in [-0.25, -0.2) is 4.98 Å². The molecule has 0 bridgehead atoms. The molecule has 0 aliphatic heterocycles. The first-order chi connectivity index (χ1) is 9.10. The van der Waals surface area contributed by atoms with Crippen molar-refractivity contribution in [3.8, 4) is 0 Å². The third-order valence-corrected chi connectivity index (χ3v) is 4.33.